The van der Waals surface area contributed by atoms with Gasteiger partial charge in [0.25, 0.3) is 5.56 Å². The van der Waals surface area contributed by atoms with Crippen LogP contribution >= 0.6 is 15.9 Å². The monoisotopic (exact) mass is 597 g/mol. The molecule has 0 radical (unpaired) electrons. The van der Waals surface area contributed by atoms with Crippen molar-refractivity contribution in [2.75, 3.05) is 49.7 Å². The fourth-order valence-electron chi connectivity index (χ4n) is 5.41. The number of aliphatic hydroxyl groups is 1. The van der Waals surface area contributed by atoms with Gasteiger partial charge in [-0.25, -0.2) is 9.37 Å². The van der Waals surface area contributed by atoms with E-state index in [1.165, 1.54) is 0 Å². The molecule has 0 aliphatic carbocycles. The second-order valence-electron chi connectivity index (χ2n) is 9.80. The van der Waals surface area contributed by atoms with Gasteiger partial charge in [0.1, 0.15) is 29.9 Å². The molecule has 0 spiro atoms. The summed E-state index contributed by atoms with van der Waals surface area (Å²) in [7, 11) is 1.87. The lowest BCUT2D eigenvalue weighted by atomic mass is 10.00. The Bertz CT molecular complexity index is 1590. The van der Waals surface area contributed by atoms with E-state index >= 15 is 0 Å². The van der Waals surface area contributed by atoms with Gasteiger partial charge >= 0.3 is 0 Å². The number of morpholine rings is 1. The van der Waals surface area contributed by atoms with Crippen LogP contribution in [0.3, 0.4) is 0 Å². The minimum absolute atomic E-state index is 0.200. The van der Waals surface area contributed by atoms with Crippen LogP contribution in [0.1, 0.15) is 17.2 Å². The van der Waals surface area contributed by atoms with E-state index in [0.29, 0.717) is 43.4 Å². The molecule has 1 saturated heterocycles. The highest BCUT2D eigenvalue weighted by molar-refractivity contribution is 9.10. The van der Waals surface area contributed by atoms with Crippen LogP contribution in [0.15, 0.2) is 51.9 Å². The Morgan fingerprint density at radius 1 is 1.28 bits per heavy atom. The third-order valence-corrected chi connectivity index (χ3v) is 8.04. The Labute approximate surface area is 232 Å². The number of imidazole rings is 1. The number of H-pyrrole nitrogens is 1. The van der Waals surface area contributed by atoms with E-state index in [2.05, 4.69) is 31.1 Å². The number of halogens is 2. The Balaban J connectivity index is 1.29. The zero-order valence-corrected chi connectivity index (χ0v) is 23.0. The number of nitrogens with one attached hydrogen (secondary N) is 2. The number of hydrogen-bond acceptors (Lipinski definition) is 7. The van der Waals surface area contributed by atoms with Crippen molar-refractivity contribution in [2.45, 2.75) is 18.6 Å². The number of aromatic nitrogens is 3. The largest absolute Gasteiger partial charge is 0.492 e. The summed E-state index contributed by atoms with van der Waals surface area (Å²) in [5, 5.41) is 14.3. The molecule has 2 aromatic carbocycles. The molecule has 0 amide bonds. The smallest absolute Gasteiger partial charge is 0.261 e. The predicted molar refractivity (Wildman–Crippen MR) is 151 cm³/mol. The fraction of sp³-hybridized carbons (Fsp3) is 0.357. The normalized spacial score (nSPS) is 17.7. The van der Waals surface area contributed by atoms with Gasteiger partial charge in [-0.3, -0.25) is 4.79 Å². The Morgan fingerprint density at radius 2 is 2.15 bits per heavy atom. The number of pyridine rings is 1. The Kier molecular flexibility index (Phi) is 7.05. The number of benzene rings is 2. The lowest BCUT2D eigenvalue weighted by molar-refractivity contribution is 0.0247. The number of alkyl halides is 1. The molecule has 3 N–H and O–H groups in total. The van der Waals surface area contributed by atoms with Gasteiger partial charge in [-0.2, -0.15) is 0 Å². The molecular formula is C28H29BrFN5O4. The molecule has 2 unspecified atom stereocenters. The number of aryl methyl sites for hydroxylation is 1. The summed E-state index contributed by atoms with van der Waals surface area (Å²) in [5.41, 5.74) is 5.01. The summed E-state index contributed by atoms with van der Waals surface area (Å²) in [6.07, 6.45) is 1.07. The maximum absolute atomic E-state index is 13.2. The van der Waals surface area contributed by atoms with Gasteiger partial charge in [-0.1, -0.05) is 6.07 Å². The van der Waals surface area contributed by atoms with Crippen molar-refractivity contribution < 1.29 is 19.0 Å². The number of aliphatic hydroxyl groups excluding tert-OH is 1. The van der Waals surface area contributed by atoms with Crippen LogP contribution in [0, 0.1) is 0 Å². The highest BCUT2D eigenvalue weighted by Gasteiger charge is 2.25. The molecule has 2 aliphatic rings. The fourth-order valence-corrected chi connectivity index (χ4v) is 5.89. The summed E-state index contributed by atoms with van der Waals surface area (Å²) in [5.74, 6) is 1.28. The molecule has 204 valence electrons. The predicted octanol–water partition coefficient (Wildman–Crippen LogP) is 3.95. The van der Waals surface area contributed by atoms with Gasteiger partial charge in [-0.05, 0) is 51.8 Å². The van der Waals surface area contributed by atoms with E-state index in [1.807, 2.05) is 41.9 Å². The molecule has 39 heavy (non-hydrogen) atoms. The van der Waals surface area contributed by atoms with Gasteiger partial charge in [0.05, 0.1) is 40.5 Å². The van der Waals surface area contributed by atoms with E-state index in [9.17, 15) is 14.3 Å². The molecule has 1 fully saturated rings. The lowest BCUT2D eigenvalue weighted by Gasteiger charge is -2.33. The number of anilines is 2. The highest BCUT2D eigenvalue weighted by atomic mass is 79.9. The zero-order chi connectivity index (χ0) is 27.1. The molecule has 6 rings (SSSR count). The average Bonchev–Trinajstić information content (AvgIpc) is 3.57. The molecule has 11 heteroatoms. The molecule has 2 aromatic heterocycles. The van der Waals surface area contributed by atoms with Gasteiger partial charge in [-0.15, -0.1) is 0 Å². The van der Waals surface area contributed by atoms with E-state index in [4.69, 9.17) is 14.5 Å². The standard InChI is InChI=1S/C28H29BrFN5O4/c1-34-23-12-16(35-9-11-38-17(13-30)15-35)2-5-21(23)33-27(34)25-22(6-8-31-28(25)37)32-14-24(36)18-3-4-20(29)26-19(18)7-10-39-26/h2-6,8,12,17,24,36H,7,9-11,13-15H2,1H3,(H2,31,32,37). The summed E-state index contributed by atoms with van der Waals surface area (Å²) < 4.78 is 27.1. The molecule has 2 atom stereocenters. The minimum Gasteiger partial charge on any atom is -0.492 e. The SMILES string of the molecule is Cn1c(-c2c(NCC(O)c3ccc(Br)c4c3CCO4)cc[nH]c2=O)nc2ccc(N3CCOC(CF)C3)cc21. The van der Waals surface area contributed by atoms with Crippen molar-refractivity contribution >= 4 is 38.3 Å². The van der Waals surface area contributed by atoms with Crippen molar-refractivity contribution in [1.82, 2.24) is 14.5 Å². The molecule has 9 nitrogen and oxygen atoms in total. The van der Waals surface area contributed by atoms with Crippen LogP contribution in [0.2, 0.25) is 0 Å². The van der Waals surface area contributed by atoms with Crippen LogP contribution in [0.25, 0.3) is 22.4 Å². The number of nitrogens with zero attached hydrogens (tertiary/aromatic N) is 3. The summed E-state index contributed by atoms with van der Waals surface area (Å²) in [6.45, 7) is 1.89. The quantitative estimate of drug-likeness (QED) is 0.296. The Hall–Kier alpha value is -3.41. The van der Waals surface area contributed by atoms with Crippen LogP contribution in [-0.4, -0.2) is 65.3 Å². The van der Waals surface area contributed by atoms with Crippen LogP contribution < -0.4 is 20.5 Å². The van der Waals surface area contributed by atoms with Crippen molar-refractivity contribution in [1.29, 1.82) is 0 Å². The van der Waals surface area contributed by atoms with Crippen LogP contribution in [0.5, 0.6) is 5.75 Å². The second-order valence-corrected chi connectivity index (χ2v) is 10.6. The Morgan fingerprint density at radius 3 is 3.00 bits per heavy atom. The first-order valence-corrected chi connectivity index (χ1v) is 13.7. The third kappa shape index (κ3) is 4.79. The van der Waals surface area contributed by atoms with Gasteiger partial charge in [0.15, 0.2) is 0 Å². The average molecular weight is 598 g/mol. The number of fused-ring (bicyclic) bond motifs is 2. The topological polar surface area (TPSA) is 105 Å². The molecule has 0 saturated carbocycles. The van der Waals surface area contributed by atoms with Gasteiger partial charge < -0.3 is 34.3 Å². The maximum Gasteiger partial charge on any atom is 0.261 e. The molecule has 2 aliphatic heterocycles. The first-order chi connectivity index (χ1) is 18.9. The first-order valence-electron chi connectivity index (χ1n) is 12.9. The van der Waals surface area contributed by atoms with E-state index in [-0.39, 0.29) is 12.1 Å². The van der Waals surface area contributed by atoms with Crippen molar-refractivity contribution in [3.63, 3.8) is 0 Å². The molecule has 0 bridgehead atoms. The summed E-state index contributed by atoms with van der Waals surface area (Å²) in [6, 6.07) is 11.4. The molecule has 4 aromatic rings. The van der Waals surface area contributed by atoms with Gasteiger partial charge in [0.2, 0.25) is 0 Å². The third-order valence-electron chi connectivity index (χ3n) is 7.42. The number of aromatic amines is 1. The van der Waals surface area contributed by atoms with Crippen molar-refractivity contribution in [3.8, 4) is 17.1 Å². The van der Waals surface area contributed by atoms with Gasteiger partial charge in [0, 0.05) is 50.6 Å². The van der Waals surface area contributed by atoms with E-state index < -0.39 is 18.9 Å². The number of rotatable bonds is 7. The number of hydrogen-bond donors (Lipinski definition) is 3. The molecular weight excluding hydrogens is 569 g/mol. The summed E-state index contributed by atoms with van der Waals surface area (Å²) in [4.78, 5) is 22.7. The van der Waals surface area contributed by atoms with E-state index in [0.717, 1.165) is 44.5 Å². The minimum atomic E-state index is -0.801. The van der Waals surface area contributed by atoms with Crippen LogP contribution in [-0.2, 0) is 18.2 Å². The van der Waals surface area contributed by atoms with Crippen molar-refractivity contribution in [3.05, 3.63) is 68.5 Å². The van der Waals surface area contributed by atoms with Crippen LogP contribution in [0.4, 0.5) is 15.8 Å². The second kappa shape index (κ2) is 10.6. The highest BCUT2D eigenvalue weighted by Crippen LogP contribution is 2.38. The number of ether oxygens (including phenoxy) is 2. The lowest BCUT2D eigenvalue weighted by Crippen LogP contribution is -2.43. The first kappa shape index (κ1) is 25.8. The molecule has 4 heterocycles. The van der Waals surface area contributed by atoms with E-state index in [1.54, 1.807) is 12.3 Å². The van der Waals surface area contributed by atoms with Crippen molar-refractivity contribution in [2.24, 2.45) is 7.05 Å². The zero-order valence-electron chi connectivity index (χ0n) is 21.4. The maximum atomic E-state index is 13.2. The summed E-state index contributed by atoms with van der Waals surface area (Å²) >= 11 is 3.51.